The van der Waals surface area contributed by atoms with Crippen LogP contribution in [0, 0.1) is 0 Å². The maximum Gasteiger partial charge on any atom is 0.255 e. The fraction of sp³-hybridized carbons (Fsp3) is 0. The van der Waals surface area contributed by atoms with Crippen molar-refractivity contribution in [1.82, 2.24) is 9.97 Å². The smallest absolute Gasteiger partial charge is 0.255 e. The van der Waals surface area contributed by atoms with Gasteiger partial charge in [0.05, 0.1) is 22.4 Å². The normalized spacial score (nSPS) is 11.3. The highest BCUT2D eigenvalue weighted by molar-refractivity contribution is 6.06. The first-order valence-electron chi connectivity index (χ1n) is 15.7. The number of imidazole rings is 1. The molecule has 2 amide bonds. The molecule has 0 aliphatic heterocycles. The number of fused-ring (bicyclic) bond motifs is 1. The van der Waals surface area contributed by atoms with Crippen LogP contribution in [0.15, 0.2) is 162 Å². The first-order chi connectivity index (χ1) is 24.1. The number of aromatic nitrogens is 2. The predicted molar refractivity (Wildman–Crippen MR) is 198 cm³/mol. The lowest BCUT2D eigenvalue weighted by atomic mass is 10.1. The van der Waals surface area contributed by atoms with Gasteiger partial charge >= 0.3 is 0 Å². The minimum absolute atomic E-state index is 0.211. The van der Waals surface area contributed by atoms with Crippen LogP contribution in [0.5, 0.6) is 0 Å². The van der Waals surface area contributed by atoms with E-state index in [1.807, 2.05) is 127 Å². The molecule has 0 bridgehead atoms. The summed E-state index contributed by atoms with van der Waals surface area (Å²) in [5.74, 6) is 0.250. The molecule has 0 aliphatic rings. The molecule has 0 unspecified atom stereocenters. The van der Waals surface area contributed by atoms with E-state index >= 15 is 0 Å². The molecule has 6 aromatic carbocycles. The van der Waals surface area contributed by atoms with Crippen molar-refractivity contribution in [1.29, 1.82) is 0 Å². The van der Waals surface area contributed by atoms with Crippen LogP contribution in [-0.4, -0.2) is 34.2 Å². The molecule has 7 aromatic rings. The van der Waals surface area contributed by atoms with Gasteiger partial charge in [-0.2, -0.15) is 0 Å². The Morgan fingerprint density at radius 2 is 1.08 bits per heavy atom. The molecule has 0 saturated heterocycles. The van der Waals surface area contributed by atoms with Crippen LogP contribution in [0.2, 0.25) is 0 Å². The van der Waals surface area contributed by atoms with E-state index in [4.69, 9.17) is 4.98 Å². The summed E-state index contributed by atoms with van der Waals surface area (Å²) in [5, 5.41) is 5.90. The largest absolute Gasteiger partial charge is 0.338 e. The molecule has 8 nitrogen and oxygen atoms in total. The number of nitrogens with zero attached hydrogens (tertiary/aromatic N) is 3. The summed E-state index contributed by atoms with van der Waals surface area (Å²) in [6.07, 6.45) is 3.56. The molecule has 0 atom stereocenters. The lowest BCUT2D eigenvalue weighted by molar-refractivity contribution is 0.101. The van der Waals surface area contributed by atoms with Gasteiger partial charge in [0.1, 0.15) is 5.82 Å². The van der Waals surface area contributed by atoms with Gasteiger partial charge < -0.3 is 15.6 Å². The third kappa shape index (κ3) is 7.73. The quantitative estimate of drug-likeness (QED) is 0.137. The average Bonchev–Trinajstić information content (AvgIpc) is 3.58. The van der Waals surface area contributed by atoms with Crippen molar-refractivity contribution in [2.45, 2.75) is 0 Å². The van der Waals surface area contributed by atoms with Gasteiger partial charge in [0.2, 0.25) is 0 Å². The Balaban J connectivity index is 0.959. The Labute approximate surface area is 283 Å². The van der Waals surface area contributed by atoms with E-state index in [0.717, 1.165) is 33.6 Å². The highest BCUT2D eigenvalue weighted by Gasteiger charge is 2.11. The number of aromatic amines is 1. The van der Waals surface area contributed by atoms with Crippen molar-refractivity contribution < 1.29 is 9.59 Å². The number of nitrogens with one attached hydrogen (secondary N) is 3. The van der Waals surface area contributed by atoms with Gasteiger partial charge in [0.25, 0.3) is 11.8 Å². The van der Waals surface area contributed by atoms with Gasteiger partial charge in [-0.3, -0.25) is 19.6 Å². The molecule has 7 rings (SSSR count). The number of rotatable bonds is 9. The molecule has 0 fully saturated rings. The molecule has 0 radical (unpaired) electrons. The Bertz CT molecular complexity index is 2280. The van der Waals surface area contributed by atoms with E-state index in [9.17, 15) is 9.59 Å². The summed E-state index contributed by atoms with van der Waals surface area (Å²) in [6, 6.07) is 47.0. The maximum atomic E-state index is 12.9. The van der Waals surface area contributed by atoms with Gasteiger partial charge in [-0.25, -0.2) is 4.98 Å². The summed E-state index contributed by atoms with van der Waals surface area (Å²) in [4.78, 5) is 42.8. The number of para-hydroxylation sites is 1. The van der Waals surface area contributed by atoms with Crippen molar-refractivity contribution in [3.8, 4) is 11.4 Å². The number of anilines is 2. The zero-order valence-corrected chi connectivity index (χ0v) is 26.2. The number of amides is 2. The van der Waals surface area contributed by atoms with E-state index in [1.165, 1.54) is 0 Å². The SMILES string of the molecule is O=C(Nc1ccc(-c2nc3cc(NC(=O)c4ccc(C=Nc5ccccc5)cc4)ccc3[nH]2)cc1)c1ccc(N=Cc2ccccc2)cc1. The zero-order chi connectivity index (χ0) is 33.4. The molecule has 8 heteroatoms. The standard InChI is InChI=1S/C41H30N6O2/c48-40(32-17-19-34(20-18-32)43-26-28-7-3-1-4-8-28)44-35-21-15-30(16-22-35)39-46-37-24-23-36(25-38(37)47-39)45-41(49)31-13-11-29(12-14-31)27-42-33-9-5-2-6-10-33/h1-27H,(H,44,48)(H,45,49)(H,46,47). The summed E-state index contributed by atoms with van der Waals surface area (Å²) in [5.41, 5.74) is 8.33. The zero-order valence-electron chi connectivity index (χ0n) is 26.2. The van der Waals surface area contributed by atoms with Crippen molar-refractivity contribution >= 4 is 58.0 Å². The van der Waals surface area contributed by atoms with Gasteiger partial charge in [0, 0.05) is 40.5 Å². The Morgan fingerprint density at radius 3 is 1.73 bits per heavy atom. The van der Waals surface area contributed by atoms with Crippen molar-refractivity contribution in [2.24, 2.45) is 9.98 Å². The van der Waals surface area contributed by atoms with E-state index in [1.54, 1.807) is 36.7 Å². The molecule has 236 valence electrons. The Hall–Kier alpha value is -6.93. The lowest BCUT2D eigenvalue weighted by Gasteiger charge is -2.06. The second-order valence-corrected chi connectivity index (χ2v) is 11.2. The van der Waals surface area contributed by atoms with E-state index < -0.39 is 0 Å². The summed E-state index contributed by atoms with van der Waals surface area (Å²) in [7, 11) is 0. The number of benzene rings is 6. The van der Waals surface area contributed by atoms with E-state index in [2.05, 4.69) is 25.6 Å². The van der Waals surface area contributed by atoms with Crippen molar-refractivity contribution in [2.75, 3.05) is 10.6 Å². The Morgan fingerprint density at radius 1 is 0.551 bits per heavy atom. The molecule has 0 aliphatic carbocycles. The minimum Gasteiger partial charge on any atom is -0.338 e. The minimum atomic E-state index is -0.216. The van der Waals surface area contributed by atoms with Crippen molar-refractivity contribution in [3.05, 3.63) is 174 Å². The first kappa shape index (κ1) is 30.7. The Kier molecular flexibility index (Phi) is 8.92. The van der Waals surface area contributed by atoms with Crippen LogP contribution in [-0.2, 0) is 0 Å². The lowest BCUT2D eigenvalue weighted by Crippen LogP contribution is -2.11. The van der Waals surface area contributed by atoms with Crippen LogP contribution in [0.1, 0.15) is 31.8 Å². The molecule has 49 heavy (non-hydrogen) atoms. The maximum absolute atomic E-state index is 12.9. The molecule has 0 spiro atoms. The third-order valence-electron chi connectivity index (χ3n) is 7.74. The molecular formula is C41H30N6O2. The second-order valence-electron chi connectivity index (χ2n) is 11.2. The van der Waals surface area contributed by atoms with Crippen molar-refractivity contribution in [3.63, 3.8) is 0 Å². The second kappa shape index (κ2) is 14.2. The topological polar surface area (TPSA) is 112 Å². The van der Waals surface area contributed by atoms with Crippen LogP contribution in [0.3, 0.4) is 0 Å². The highest BCUT2D eigenvalue weighted by atomic mass is 16.2. The molecule has 0 saturated carbocycles. The number of carbonyl (C=O) groups is 2. The molecule has 1 aromatic heterocycles. The molecular weight excluding hydrogens is 608 g/mol. The van der Waals surface area contributed by atoms with Crippen LogP contribution in [0.4, 0.5) is 22.7 Å². The van der Waals surface area contributed by atoms with Gasteiger partial charge in [-0.15, -0.1) is 0 Å². The highest BCUT2D eigenvalue weighted by Crippen LogP contribution is 2.25. The molecule has 1 heterocycles. The van der Waals surface area contributed by atoms with Crippen LogP contribution < -0.4 is 10.6 Å². The summed E-state index contributed by atoms with van der Waals surface area (Å²) in [6.45, 7) is 0. The van der Waals surface area contributed by atoms with E-state index in [0.29, 0.717) is 33.8 Å². The third-order valence-corrected chi connectivity index (χ3v) is 7.74. The fourth-order valence-corrected chi connectivity index (χ4v) is 5.11. The van der Waals surface area contributed by atoms with Gasteiger partial charge in [-0.1, -0.05) is 60.7 Å². The van der Waals surface area contributed by atoms with Crippen LogP contribution >= 0.6 is 0 Å². The summed E-state index contributed by atoms with van der Waals surface area (Å²) >= 11 is 0. The predicted octanol–water partition coefficient (Wildman–Crippen LogP) is 9.24. The molecule has 3 N–H and O–H groups in total. The first-order valence-corrected chi connectivity index (χ1v) is 15.7. The monoisotopic (exact) mass is 638 g/mol. The number of aliphatic imine (C=N–C) groups is 2. The van der Waals surface area contributed by atoms with Crippen LogP contribution in [0.25, 0.3) is 22.4 Å². The average molecular weight is 639 g/mol. The number of hydrogen-bond acceptors (Lipinski definition) is 5. The van der Waals surface area contributed by atoms with E-state index in [-0.39, 0.29) is 11.8 Å². The van der Waals surface area contributed by atoms with Gasteiger partial charge in [0.15, 0.2) is 0 Å². The fourth-order valence-electron chi connectivity index (χ4n) is 5.11. The van der Waals surface area contributed by atoms with Gasteiger partial charge in [-0.05, 0) is 102 Å². The number of hydrogen-bond donors (Lipinski definition) is 3. The summed E-state index contributed by atoms with van der Waals surface area (Å²) < 4.78 is 0. The number of carbonyl (C=O) groups excluding carboxylic acids is 2. The number of H-pyrrole nitrogens is 1.